The lowest BCUT2D eigenvalue weighted by atomic mass is 10.1. The molecule has 0 bridgehead atoms. The van der Waals surface area contributed by atoms with Crippen LogP contribution in [0, 0.1) is 13.8 Å². The maximum absolute atomic E-state index is 12.0. The second-order valence-electron chi connectivity index (χ2n) is 5.10. The number of amidine groups is 1. The quantitative estimate of drug-likeness (QED) is 0.840. The number of likely N-dealkylation sites (tertiary alicyclic amines) is 1. The Hall–Kier alpha value is -1.84. The van der Waals surface area contributed by atoms with Gasteiger partial charge in [-0.25, -0.2) is 4.79 Å². The number of carbonyl (C=O) groups excluding carboxylic acids is 1. The highest BCUT2D eigenvalue weighted by molar-refractivity contribution is 6.00. The average Bonchev–Trinajstić information content (AvgIpc) is 2.37. The van der Waals surface area contributed by atoms with Gasteiger partial charge in [-0.05, 0) is 37.8 Å². The van der Waals surface area contributed by atoms with Crippen molar-refractivity contribution >= 4 is 17.6 Å². The standard InChI is InChI=1S/C15H21N3O/c1-11-7-6-8-12(2)14(11)17-15(19)16-13-9-4-5-10-18(13)3/h6-8H,4-5,9-10H2,1-3H3,(H,17,19)/b16-13-. The molecule has 0 saturated carbocycles. The van der Waals surface area contributed by atoms with Crippen LogP contribution in [0.4, 0.5) is 10.5 Å². The molecular weight excluding hydrogens is 238 g/mol. The van der Waals surface area contributed by atoms with Crippen LogP contribution in [0.25, 0.3) is 0 Å². The minimum absolute atomic E-state index is 0.277. The molecule has 1 N–H and O–H groups in total. The second-order valence-corrected chi connectivity index (χ2v) is 5.10. The molecule has 2 rings (SSSR count). The van der Waals surface area contributed by atoms with E-state index in [1.165, 1.54) is 6.42 Å². The van der Waals surface area contributed by atoms with Crippen LogP contribution >= 0.6 is 0 Å². The molecule has 2 amide bonds. The van der Waals surface area contributed by atoms with Crippen molar-refractivity contribution in [3.05, 3.63) is 29.3 Å². The third kappa shape index (κ3) is 3.34. The predicted molar refractivity (Wildman–Crippen MR) is 78.9 cm³/mol. The van der Waals surface area contributed by atoms with Crippen molar-refractivity contribution in [2.75, 3.05) is 18.9 Å². The fourth-order valence-corrected chi connectivity index (χ4v) is 2.36. The first-order valence-electron chi connectivity index (χ1n) is 6.74. The van der Waals surface area contributed by atoms with E-state index in [4.69, 9.17) is 0 Å². The van der Waals surface area contributed by atoms with Gasteiger partial charge in [0.1, 0.15) is 5.84 Å². The Kier molecular flexibility index (Phi) is 4.20. The molecule has 102 valence electrons. The first kappa shape index (κ1) is 13.6. The summed E-state index contributed by atoms with van der Waals surface area (Å²) in [5, 5.41) is 2.89. The third-order valence-corrected chi connectivity index (χ3v) is 3.53. The maximum Gasteiger partial charge on any atom is 0.347 e. The van der Waals surface area contributed by atoms with E-state index in [9.17, 15) is 4.79 Å². The van der Waals surface area contributed by atoms with Gasteiger partial charge in [-0.1, -0.05) is 18.2 Å². The third-order valence-electron chi connectivity index (χ3n) is 3.53. The summed E-state index contributed by atoms with van der Waals surface area (Å²) in [7, 11) is 1.99. The molecule has 1 aliphatic heterocycles. The van der Waals surface area contributed by atoms with Crippen molar-refractivity contribution in [2.24, 2.45) is 4.99 Å². The van der Waals surface area contributed by atoms with E-state index in [0.29, 0.717) is 0 Å². The minimum atomic E-state index is -0.277. The Balaban J connectivity index is 2.11. The normalized spacial score (nSPS) is 17.6. The molecule has 1 saturated heterocycles. The summed E-state index contributed by atoms with van der Waals surface area (Å²) < 4.78 is 0. The number of rotatable bonds is 1. The largest absolute Gasteiger partial charge is 0.363 e. The molecule has 1 aromatic carbocycles. The highest BCUT2D eigenvalue weighted by Crippen LogP contribution is 2.19. The molecule has 0 radical (unpaired) electrons. The molecular formula is C15H21N3O. The summed E-state index contributed by atoms with van der Waals surface area (Å²) in [6.45, 7) is 4.96. The highest BCUT2D eigenvalue weighted by Gasteiger charge is 2.14. The molecule has 1 aromatic rings. The number of para-hydroxylation sites is 1. The van der Waals surface area contributed by atoms with Crippen LogP contribution in [-0.2, 0) is 0 Å². The summed E-state index contributed by atoms with van der Waals surface area (Å²) in [6, 6.07) is 5.69. The van der Waals surface area contributed by atoms with E-state index in [1.54, 1.807) is 0 Å². The number of hydrogen-bond donors (Lipinski definition) is 1. The summed E-state index contributed by atoms with van der Waals surface area (Å²) in [6.07, 6.45) is 3.17. The molecule has 1 aliphatic rings. The summed E-state index contributed by atoms with van der Waals surface area (Å²) in [4.78, 5) is 18.3. The highest BCUT2D eigenvalue weighted by atomic mass is 16.2. The van der Waals surface area contributed by atoms with Gasteiger partial charge < -0.3 is 10.2 Å². The van der Waals surface area contributed by atoms with Gasteiger partial charge in [0, 0.05) is 25.7 Å². The number of piperidine rings is 1. The van der Waals surface area contributed by atoms with Crippen molar-refractivity contribution in [2.45, 2.75) is 33.1 Å². The molecule has 1 fully saturated rings. The first-order valence-corrected chi connectivity index (χ1v) is 6.74. The van der Waals surface area contributed by atoms with Gasteiger partial charge in [-0.3, -0.25) is 0 Å². The molecule has 0 unspecified atom stereocenters. The molecule has 1 heterocycles. The number of carbonyl (C=O) groups is 1. The molecule has 0 atom stereocenters. The van der Waals surface area contributed by atoms with Gasteiger partial charge in [-0.15, -0.1) is 0 Å². The van der Waals surface area contributed by atoms with Crippen molar-refractivity contribution in [3.63, 3.8) is 0 Å². The number of nitrogens with zero attached hydrogens (tertiary/aromatic N) is 2. The smallest absolute Gasteiger partial charge is 0.347 e. The monoisotopic (exact) mass is 259 g/mol. The Morgan fingerprint density at radius 3 is 2.58 bits per heavy atom. The molecule has 0 spiro atoms. The second kappa shape index (κ2) is 5.87. The Bertz CT molecular complexity index is 488. The predicted octanol–water partition coefficient (Wildman–Crippen LogP) is 3.35. The zero-order valence-electron chi connectivity index (χ0n) is 11.9. The fourth-order valence-electron chi connectivity index (χ4n) is 2.36. The summed E-state index contributed by atoms with van der Waals surface area (Å²) in [5.41, 5.74) is 2.99. The van der Waals surface area contributed by atoms with Crippen LogP contribution in [0.15, 0.2) is 23.2 Å². The van der Waals surface area contributed by atoms with Crippen LogP contribution in [0.5, 0.6) is 0 Å². The van der Waals surface area contributed by atoms with E-state index in [1.807, 2.05) is 39.1 Å². The Morgan fingerprint density at radius 2 is 1.95 bits per heavy atom. The summed E-state index contributed by atoms with van der Waals surface area (Å²) >= 11 is 0. The van der Waals surface area contributed by atoms with Crippen molar-refractivity contribution in [1.29, 1.82) is 0 Å². The average molecular weight is 259 g/mol. The Morgan fingerprint density at radius 1 is 1.26 bits per heavy atom. The maximum atomic E-state index is 12.0. The van der Waals surface area contributed by atoms with Crippen LogP contribution < -0.4 is 5.32 Å². The number of anilines is 1. The molecule has 4 heteroatoms. The van der Waals surface area contributed by atoms with Gasteiger partial charge in [-0.2, -0.15) is 4.99 Å². The van der Waals surface area contributed by atoms with E-state index in [0.717, 1.165) is 42.0 Å². The zero-order chi connectivity index (χ0) is 13.8. The fraction of sp³-hybridized carbons (Fsp3) is 0.467. The number of benzene rings is 1. The lowest BCUT2D eigenvalue weighted by molar-refractivity contribution is 0.259. The number of aryl methyl sites for hydroxylation is 2. The number of hydrogen-bond acceptors (Lipinski definition) is 1. The first-order chi connectivity index (χ1) is 9.08. The summed E-state index contributed by atoms with van der Waals surface area (Å²) in [5.74, 6) is 0.884. The molecule has 0 aliphatic carbocycles. The lowest BCUT2D eigenvalue weighted by Crippen LogP contribution is -2.32. The van der Waals surface area contributed by atoms with E-state index in [-0.39, 0.29) is 6.03 Å². The number of nitrogens with one attached hydrogen (secondary N) is 1. The van der Waals surface area contributed by atoms with Crippen molar-refractivity contribution in [1.82, 2.24) is 4.90 Å². The van der Waals surface area contributed by atoms with E-state index >= 15 is 0 Å². The van der Waals surface area contributed by atoms with Crippen molar-refractivity contribution < 1.29 is 4.79 Å². The zero-order valence-corrected chi connectivity index (χ0v) is 11.9. The van der Waals surface area contributed by atoms with Crippen LogP contribution in [0.2, 0.25) is 0 Å². The number of urea groups is 1. The van der Waals surface area contributed by atoms with E-state index in [2.05, 4.69) is 15.2 Å². The van der Waals surface area contributed by atoms with Gasteiger partial charge in [0.15, 0.2) is 0 Å². The SMILES string of the molecule is Cc1cccc(C)c1NC(=O)/N=C1/CCCCN1C. The lowest BCUT2D eigenvalue weighted by Gasteiger charge is -2.25. The molecule has 19 heavy (non-hydrogen) atoms. The minimum Gasteiger partial charge on any atom is -0.363 e. The van der Waals surface area contributed by atoms with Crippen LogP contribution in [0.1, 0.15) is 30.4 Å². The van der Waals surface area contributed by atoms with Crippen LogP contribution in [-0.4, -0.2) is 30.4 Å². The van der Waals surface area contributed by atoms with Gasteiger partial charge >= 0.3 is 6.03 Å². The van der Waals surface area contributed by atoms with Crippen LogP contribution in [0.3, 0.4) is 0 Å². The van der Waals surface area contributed by atoms with Gasteiger partial charge in [0.2, 0.25) is 0 Å². The van der Waals surface area contributed by atoms with Crippen molar-refractivity contribution in [3.8, 4) is 0 Å². The number of aliphatic imine (C=N–C) groups is 1. The number of amides is 2. The van der Waals surface area contributed by atoms with Gasteiger partial charge in [0.25, 0.3) is 0 Å². The van der Waals surface area contributed by atoms with Gasteiger partial charge in [0.05, 0.1) is 0 Å². The molecule has 0 aromatic heterocycles. The Labute approximate surface area is 114 Å². The topological polar surface area (TPSA) is 44.7 Å². The molecule has 4 nitrogen and oxygen atoms in total. The van der Waals surface area contributed by atoms with E-state index < -0.39 is 0 Å².